The highest BCUT2D eigenvalue weighted by Crippen LogP contribution is 2.09. The first-order valence-corrected chi connectivity index (χ1v) is 5.14. The third-order valence-electron chi connectivity index (χ3n) is 1.64. The van der Waals surface area contributed by atoms with Crippen LogP contribution >= 0.6 is 11.3 Å². The van der Waals surface area contributed by atoms with Gasteiger partial charge in [-0.15, -0.1) is 11.3 Å². The van der Waals surface area contributed by atoms with Gasteiger partial charge in [0.05, 0.1) is 5.01 Å². The number of thiazole rings is 1. The SMILES string of the molecule is Cc1nc(C(=O)Nc2ncccn2)cs1. The largest absolute Gasteiger partial charge is 0.289 e. The second kappa shape index (κ2) is 4.14. The minimum absolute atomic E-state index is 0.285. The number of aryl methyl sites for hydroxylation is 1. The van der Waals surface area contributed by atoms with E-state index in [2.05, 4.69) is 20.3 Å². The molecule has 6 heteroatoms. The van der Waals surface area contributed by atoms with Crippen LogP contribution in [0.2, 0.25) is 0 Å². The Morgan fingerprint density at radius 1 is 1.40 bits per heavy atom. The highest BCUT2D eigenvalue weighted by Gasteiger charge is 2.10. The number of carbonyl (C=O) groups excluding carboxylic acids is 1. The van der Waals surface area contributed by atoms with Gasteiger partial charge in [-0.3, -0.25) is 10.1 Å². The number of nitrogens with zero attached hydrogens (tertiary/aromatic N) is 3. The minimum Gasteiger partial charge on any atom is -0.289 e. The first-order chi connectivity index (χ1) is 7.25. The maximum absolute atomic E-state index is 11.6. The third kappa shape index (κ3) is 2.35. The van der Waals surface area contributed by atoms with Crippen LogP contribution < -0.4 is 5.32 Å². The van der Waals surface area contributed by atoms with Gasteiger partial charge in [-0.1, -0.05) is 0 Å². The van der Waals surface area contributed by atoms with Crippen molar-refractivity contribution in [2.75, 3.05) is 5.32 Å². The molecule has 0 saturated carbocycles. The summed E-state index contributed by atoms with van der Waals surface area (Å²) < 4.78 is 0. The molecule has 15 heavy (non-hydrogen) atoms. The zero-order chi connectivity index (χ0) is 10.7. The molecule has 1 N–H and O–H groups in total. The molecule has 2 aromatic heterocycles. The van der Waals surface area contributed by atoms with E-state index in [1.807, 2.05) is 6.92 Å². The van der Waals surface area contributed by atoms with Gasteiger partial charge < -0.3 is 0 Å². The zero-order valence-corrected chi connectivity index (χ0v) is 8.78. The second-order valence-corrected chi connectivity index (χ2v) is 3.84. The van der Waals surface area contributed by atoms with Crippen LogP contribution in [0.4, 0.5) is 5.95 Å². The van der Waals surface area contributed by atoms with Gasteiger partial charge in [0.15, 0.2) is 0 Å². The van der Waals surface area contributed by atoms with Gasteiger partial charge in [0.2, 0.25) is 5.95 Å². The molecule has 76 valence electrons. The van der Waals surface area contributed by atoms with Crippen LogP contribution in [0.5, 0.6) is 0 Å². The predicted octanol–water partition coefficient (Wildman–Crippen LogP) is 1.49. The first-order valence-electron chi connectivity index (χ1n) is 4.26. The molecule has 5 nitrogen and oxygen atoms in total. The summed E-state index contributed by atoms with van der Waals surface area (Å²) in [5, 5.41) is 5.11. The van der Waals surface area contributed by atoms with E-state index in [9.17, 15) is 4.79 Å². The molecule has 0 unspecified atom stereocenters. The molecule has 0 aliphatic rings. The predicted molar refractivity (Wildman–Crippen MR) is 56.8 cm³/mol. The van der Waals surface area contributed by atoms with Crippen molar-refractivity contribution < 1.29 is 4.79 Å². The van der Waals surface area contributed by atoms with Gasteiger partial charge >= 0.3 is 0 Å². The standard InChI is InChI=1S/C9H8N4OS/c1-6-12-7(5-15-6)8(14)13-9-10-3-2-4-11-9/h2-5H,1H3,(H,10,11,13,14). The van der Waals surface area contributed by atoms with E-state index in [1.54, 1.807) is 23.8 Å². The summed E-state index contributed by atoms with van der Waals surface area (Å²) >= 11 is 1.43. The van der Waals surface area contributed by atoms with E-state index in [4.69, 9.17) is 0 Å². The molecule has 0 bridgehead atoms. The van der Waals surface area contributed by atoms with Gasteiger partial charge in [-0.05, 0) is 13.0 Å². The summed E-state index contributed by atoms with van der Waals surface area (Å²) in [6.07, 6.45) is 3.13. The van der Waals surface area contributed by atoms with E-state index in [1.165, 1.54) is 11.3 Å². The number of hydrogen-bond acceptors (Lipinski definition) is 5. The summed E-state index contributed by atoms with van der Waals surface area (Å²) in [5.74, 6) is -0.00120. The Balaban J connectivity index is 2.11. The van der Waals surface area contributed by atoms with Crippen molar-refractivity contribution in [1.29, 1.82) is 0 Å². The van der Waals surface area contributed by atoms with Crippen molar-refractivity contribution in [2.45, 2.75) is 6.92 Å². The summed E-state index contributed by atoms with van der Waals surface area (Å²) in [6, 6.07) is 1.68. The van der Waals surface area contributed by atoms with E-state index < -0.39 is 0 Å². The van der Waals surface area contributed by atoms with E-state index in [-0.39, 0.29) is 11.9 Å². The van der Waals surface area contributed by atoms with Crippen molar-refractivity contribution in [1.82, 2.24) is 15.0 Å². The Bertz CT molecular complexity index is 468. The minimum atomic E-state index is -0.287. The van der Waals surface area contributed by atoms with Gasteiger partial charge in [0.1, 0.15) is 5.69 Å². The molecule has 2 aromatic rings. The third-order valence-corrected chi connectivity index (χ3v) is 2.42. The molecule has 0 aliphatic heterocycles. The molecule has 0 spiro atoms. The number of hydrogen-bond donors (Lipinski definition) is 1. The number of nitrogens with one attached hydrogen (secondary N) is 1. The molecule has 0 radical (unpaired) electrons. The van der Waals surface area contributed by atoms with Crippen LogP contribution in [0.25, 0.3) is 0 Å². The Labute approximate surface area is 90.2 Å². The lowest BCUT2D eigenvalue weighted by molar-refractivity contribution is 0.102. The highest BCUT2D eigenvalue weighted by atomic mass is 32.1. The van der Waals surface area contributed by atoms with Crippen LogP contribution in [-0.4, -0.2) is 20.9 Å². The number of carbonyl (C=O) groups is 1. The van der Waals surface area contributed by atoms with Crippen molar-refractivity contribution in [3.05, 3.63) is 34.5 Å². The van der Waals surface area contributed by atoms with Crippen LogP contribution in [0.1, 0.15) is 15.5 Å². The molecular weight excluding hydrogens is 212 g/mol. The topological polar surface area (TPSA) is 67.8 Å². The Morgan fingerprint density at radius 2 is 2.13 bits per heavy atom. The number of aromatic nitrogens is 3. The smallest absolute Gasteiger partial charge is 0.277 e. The van der Waals surface area contributed by atoms with Gasteiger partial charge in [0, 0.05) is 17.8 Å². The summed E-state index contributed by atoms with van der Waals surface area (Å²) in [6.45, 7) is 1.85. The first kappa shape index (κ1) is 9.72. The lowest BCUT2D eigenvalue weighted by Crippen LogP contribution is -2.14. The quantitative estimate of drug-likeness (QED) is 0.832. The van der Waals surface area contributed by atoms with Crippen molar-refractivity contribution in [3.63, 3.8) is 0 Å². The average Bonchev–Trinajstić information content (AvgIpc) is 2.66. The van der Waals surface area contributed by atoms with Crippen LogP contribution in [-0.2, 0) is 0 Å². The summed E-state index contributed by atoms with van der Waals surface area (Å²) in [4.78, 5) is 23.4. The highest BCUT2D eigenvalue weighted by molar-refractivity contribution is 7.09. The van der Waals surface area contributed by atoms with Gasteiger partial charge in [-0.25, -0.2) is 15.0 Å². The number of amides is 1. The molecule has 0 aliphatic carbocycles. The molecule has 0 fully saturated rings. The monoisotopic (exact) mass is 220 g/mol. The number of anilines is 1. The fourth-order valence-corrected chi connectivity index (χ4v) is 1.59. The Morgan fingerprint density at radius 3 is 2.73 bits per heavy atom. The van der Waals surface area contributed by atoms with Crippen LogP contribution in [0.15, 0.2) is 23.8 Å². The van der Waals surface area contributed by atoms with E-state index in [0.29, 0.717) is 5.69 Å². The summed E-state index contributed by atoms with van der Waals surface area (Å²) in [5.41, 5.74) is 0.393. The number of rotatable bonds is 2. The maximum Gasteiger partial charge on any atom is 0.277 e. The van der Waals surface area contributed by atoms with E-state index in [0.717, 1.165) is 5.01 Å². The molecule has 1 amide bonds. The van der Waals surface area contributed by atoms with Crippen LogP contribution in [0, 0.1) is 6.92 Å². The summed E-state index contributed by atoms with van der Waals surface area (Å²) in [7, 11) is 0. The maximum atomic E-state index is 11.6. The van der Waals surface area contributed by atoms with Crippen molar-refractivity contribution in [3.8, 4) is 0 Å². The second-order valence-electron chi connectivity index (χ2n) is 2.78. The lowest BCUT2D eigenvalue weighted by atomic mass is 10.4. The lowest BCUT2D eigenvalue weighted by Gasteiger charge is -1.98. The molecule has 2 rings (SSSR count). The fraction of sp³-hybridized carbons (Fsp3) is 0.111. The Kier molecular flexibility index (Phi) is 2.68. The van der Waals surface area contributed by atoms with Crippen LogP contribution in [0.3, 0.4) is 0 Å². The van der Waals surface area contributed by atoms with Crippen molar-refractivity contribution >= 4 is 23.2 Å². The molecular formula is C9H8N4OS. The molecule has 2 heterocycles. The average molecular weight is 220 g/mol. The van der Waals surface area contributed by atoms with Crippen molar-refractivity contribution in [2.24, 2.45) is 0 Å². The van der Waals surface area contributed by atoms with Gasteiger partial charge in [-0.2, -0.15) is 0 Å². The fourth-order valence-electron chi connectivity index (χ4n) is 0.997. The molecule has 0 atom stereocenters. The molecule has 0 aromatic carbocycles. The Hall–Kier alpha value is -1.82. The molecule has 0 saturated heterocycles. The normalized spacial score (nSPS) is 9.93. The van der Waals surface area contributed by atoms with E-state index >= 15 is 0 Å². The zero-order valence-electron chi connectivity index (χ0n) is 7.97. The van der Waals surface area contributed by atoms with Gasteiger partial charge in [0.25, 0.3) is 5.91 Å².